The summed E-state index contributed by atoms with van der Waals surface area (Å²) in [6, 6.07) is 8.04. The lowest BCUT2D eigenvalue weighted by Gasteiger charge is -2.21. The second-order valence-corrected chi connectivity index (χ2v) is 6.78. The number of ether oxygens (including phenoxy) is 2. The van der Waals surface area contributed by atoms with E-state index < -0.39 is 24.1 Å². The molecule has 128 valence electrons. The predicted molar refractivity (Wildman–Crippen MR) is 87.1 cm³/mol. The standard InChI is InChI=1S/C16H18N2O5S/c1-22-15(20)12-9-24-13-7-11(14(19)18(12)13)17-16(21)23-8-10-5-3-2-4-6-10/h2-6,11-13H,7-9H2,1H3,(H,17,21)/t11-,12-,13-/m0/s1. The molecule has 0 saturated carbocycles. The Morgan fingerprint density at radius 3 is 2.79 bits per heavy atom. The Morgan fingerprint density at radius 1 is 1.33 bits per heavy atom. The number of amides is 2. The van der Waals surface area contributed by atoms with E-state index in [1.165, 1.54) is 23.8 Å². The Labute approximate surface area is 143 Å². The van der Waals surface area contributed by atoms with Gasteiger partial charge in [0.2, 0.25) is 5.91 Å². The maximum Gasteiger partial charge on any atom is 0.408 e. The van der Waals surface area contributed by atoms with Crippen molar-refractivity contribution < 1.29 is 23.9 Å². The van der Waals surface area contributed by atoms with Crippen molar-refractivity contribution in [3.8, 4) is 0 Å². The lowest BCUT2D eigenvalue weighted by atomic mass is 10.2. The fourth-order valence-corrected chi connectivity index (χ4v) is 4.31. The Morgan fingerprint density at radius 2 is 2.08 bits per heavy atom. The molecule has 3 rings (SSSR count). The number of carbonyl (C=O) groups excluding carboxylic acids is 3. The molecule has 0 aromatic heterocycles. The highest BCUT2D eigenvalue weighted by Crippen LogP contribution is 2.38. The van der Waals surface area contributed by atoms with Gasteiger partial charge in [-0.3, -0.25) is 4.79 Å². The van der Waals surface area contributed by atoms with Crippen LogP contribution in [0.5, 0.6) is 0 Å². The fourth-order valence-electron chi connectivity index (χ4n) is 2.87. The quantitative estimate of drug-likeness (QED) is 0.820. The summed E-state index contributed by atoms with van der Waals surface area (Å²) < 4.78 is 9.87. The van der Waals surface area contributed by atoms with E-state index in [0.29, 0.717) is 12.2 Å². The van der Waals surface area contributed by atoms with Crippen molar-refractivity contribution >= 4 is 29.7 Å². The van der Waals surface area contributed by atoms with Gasteiger partial charge in [-0.25, -0.2) is 9.59 Å². The van der Waals surface area contributed by atoms with Gasteiger partial charge < -0.3 is 19.7 Å². The van der Waals surface area contributed by atoms with Gasteiger partial charge in [-0.1, -0.05) is 30.3 Å². The van der Waals surface area contributed by atoms with Crippen LogP contribution < -0.4 is 5.32 Å². The summed E-state index contributed by atoms with van der Waals surface area (Å²) in [5.41, 5.74) is 0.868. The smallest absolute Gasteiger partial charge is 0.408 e. The molecule has 0 unspecified atom stereocenters. The first-order valence-corrected chi connectivity index (χ1v) is 8.64. The van der Waals surface area contributed by atoms with Crippen LogP contribution in [0.15, 0.2) is 30.3 Å². The van der Waals surface area contributed by atoms with E-state index >= 15 is 0 Å². The summed E-state index contributed by atoms with van der Waals surface area (Å²) in [6.07, 6.45) is -0.185. The number of rotatable bonds is 4. The highest BCUT2D eigenvalue weighted by atomic mass is 32.2. The molecule has 7 nitrogen and oxygen atoms in total. The number of hydrogen-bond acceptors (Lipinski definition) is 6. The zero-order valence-electron chi connectivity index (χ0n) is 13.1. The first-order valence-electron chi connectivity index (χ1n) is 7.59. The van der Waals surface area contributed by atoms with Gasteiger partial charge >= 0.3 is 12.1 Å². The van der Waals surface area contributed by atoms with Crippen LogP contribution in [0.3, 0.4) is 0 Å². The minimum atomic E-state index is -0.668. The van der Waals surface area contributed by atoms with Gasteiger partial charge in [0.15, 0.2) is 0 Å². The summed E-state index contributed by atoms with van der Waals surface area (Å²) >= 11 is 1.52. The van der Waals surface area contributed by atoms with Crippen LogP contribution in [0, 0.1) is 0 Å². The average Bonchev–Trinajstić information content (AvgIpc) is 3.14. The first-order chi connectivity index (χ1) is 11.6. The van der Waals surface area contributed by atoms with Crippen molar-refractivity contribution in [3.05, 3.63) is 35.9 Å². The molecule has 24 heavy (non-hydrogen) atoms. The van der Waals surface area contributed by atoms with Gasteiger partial charge in [-0.2, -0.15) is 0 Å². The highest BCUT2D eigenvalue weighted by molar-refractivity contribution is 8.00. The molecule has 2 fully saturated rings. The largest absolute Gasteiger partial charge is 0.467 e. The van der Waals surface area contributed by atoms with Gasteiger partial charge in [0, 0.05) is 12.2 Å². The second-order valence-electron chi connectivity index (χ2n) is 5.57. The Bertz CT molecular complexity index is 639. The zero-order chi connectivity index (χ0) is 17.1. The van der Waals surface area contributed by atoms with Crippen LogP contribution in [0.1, 0.15) is 12.0 Å². The third kappa shape index (κ3) is 3.33. The zero-order valence-corrected chi connectivity index (χ0v) is 14.0. The number of esters is 1. The molecule has 2 aliphatic heterocycles. The van der Waals surface area contributed by atoms with Crippen LogP contribution in [-0.2, 0) is 25.7 Å². The lowest BCUT2D eigenvalue weighted by molar-refractivity contribution is -0.150. The number of hydrogen-bond donors (Lipinski definition) is 1. The molecular formula is C16H18N2O5S. The van der Waals surface area contributed by atoms with E-state index in [4.69, 9.17) is 9.47 Å². The van der Waals surface area contributed by atoms with Crippen LogP contribution >= 0.6 is 11.8 Å². The van der Waals surface area contributed by atoms with Crippen LogP contribution in [-0.4, -0.2) is 53.2 Å². The lowest BCUT2D eigenvalue weighted by Crippen LogP contribution is -2.47. The number of nitrogens with one attached hydrogen (secondary N) is 1. The number of nitrogens with zero attached hydrogens (tertiary/aromatic N) is 1. The van der Waals surface area contributed by atoms with Crippen molar-refractivity contribution in [1.82, 2.24) is 10.2 Å². The molecule has 8 heteroatoms. The van der Waals surface area contributed by atoms with Crippen LogP contribution in [0.4, 0.5) is 4.79 Å². The minimum absolute atomic E-state index is 0.110. The Balaban J connectivity index is 1.54. The van der Waals surface area contributed by atoms with Gasteiger partial charge in [0.1, 0.15) is 18.7 Å². The van der Waals surface area contributed by atoms with Gasteiger partial charge in [-0.15, -0.1) is 11.8 Å². The van der Waals surface area contributed by atoms with E-state index in [1.54, 1.807) is 0 Å². The molecule has 2 heterocycles. The third-order valence-corrected chi connectivity index (χ3v) is 5.37. The van der Waals surface area contributed by atoms with E-state index in [2.05, 4.69) is 5.32 Å². The first kappa shape index (κ1) is 16.6. The molecule has 1 N–H and O–H groups in total. The molecule has 0 bridgehead atoms. The number of carbonyl (C=O) groups is 3. The van der Waals surface area contributed by atoms with Gasteiger partial charge in [0.25, 0.3) is 0 Å². The number of fused-ring (bicyclic) bond motifs is 1. The topological polar surface area (TPSA) is 84.9 Å². The molecular weight excluding hydrogens is 332 g/mol. The Hall–Kier alpha value is -2.22. The van der Waals surface area contributed by atoms with E-state index in [-0.39, 0.29) is 17.9 Å². The molecule has 2 amide bonds. The predicted octanol–water partition coefficient (Wildman–Crippen LogP) is 1.13. The van der Waals surface area contributed by atoms with Crippen molar-refractivity contribution in [2.24, 2.45) is 0 Å². The summed E-state index contributed by atoms with van der Waals surface area (Å²) in [5.74, 6) is -0.170. The monoisotopic (exact) mass is 350 g/mol. The summed E-state index contributed by atoms with van der Waals surface area (Å²) in [4.78, 5) is 37.6. The molecule has 1 aromatic carbocycles. The summed E-state index contributed by atoms with van der Waals surface area (Å²) in [7, 11) is 1.30. The minimum Gasteiger partial charge on any atom is -0.467 e. The van der Waals surface area contributed by atoms with Crippen LogP contribution in [0.2, 0.25) is 0 Å². The van der Waals surface area contributed by atoms with E-state index in [0.717, 1.165) is 5.56 Å². The molecule has 0 spiro atoms. The second kappa shape index (κ2) is 7.12. The maximum atomic E-state index is 12.5. The maximum absolute atomic E-state index is 12.5. The molecule has 2 aliphatic rings. The van der Waals surface area contributed by atoms with Crippen molar-refractivity contribution in [2.45, 2.75) is 30.5 Å². The Kier molecular flexibility index (Phi) is 4.94. The molecule has 3 atom stereocenters. The fraction of sp³-hybridized carbons (Fsp3) is 0.438. The molecule has 2 saturated heterocycles. The van der Waals surface area contributed by atoms with Crippen molar-refractivity contribution in [2.75, 3.05) is 12.9 Å². The molecule has 0 aliphatic carbocycles. The van der Waals surface area contributed by atoms with E-state index in [9.17, 15) is 14.4 Å². The van der Waals surface area contributed by atoms with Crippen molar-refractivity contribution in [3.63, 3.8) is 0 Å². The van der Waals surface area contributed by atoms with Gasteiger partial charge in [-0.05, 0) is 5.56 Å². The highest BCUT2D eigenvalue weighted by Gasteiger charge is 2.50. The molecule has 1 aromatic rings. The number of benzene rings is 1. The van der Waals surface area contributed by atoms with Gasteiger partial charge in [0.05, 0.1) is 12.5 Å². The number of methoxy groups -OCH3 is 1. The van der Waals surface area contributed by atoms with E-state index in [1.807, 2.05) is 30.3 Å². The summed E-state index contributed by atoms with van der Waals surface area (Å²) in [5, 5.41) is 2.48. The average molecular weight is 350 g/mol. The number of thioether (sulfide) groups is 1. The van der Waals surface area contributed by atoms with Crippen LogP contribution in [0.25, 0.3) is 0 Å². The SMILES string of the molecule is COC(=O)[C@@H]1CS[C@H]2C[C@H](NC(=O)OCc3ccccc3)C(=O)N21. The normalized spacial score (nSPS) is 25.3. The van der Waals surface area contributed by atoms with Crippen molar-refractivity contribution in [1.29, 1.82) is 0 Å². The third-order valence-electron chi connectivity index (χ3n) is 4.06. The summed E-state index contributed by atoms with van der Waals surface area (Å²) in [6.45, 7) is 0.139. The number of alkyl carbamates (subject to hydrolysis) is 1. The molecule has 0 radical (unpaired) electrons.